The van der Waals surface area contributed by atoms with Gasteiger partial charge in [0.25, 0.3) is 5.91 Å². The van der Waals surface area contributed by atoms with Crippen LogP contribution in [0.5, 0.6) is 0 Å². The topological polar surface area (TPSA) is 46.2 Å². The van der Waals surface area contributed by atoms with Crippen LogP contribution in [-0.2, 0) is 16.0 Å². The summed E-state index contributed by atoms with van der Waals surface area (Å²) >= 11 is 0. The molecule has 1 N–H and O–H groups in total. The average Bonchev–Trinajstić information content (AvgIpc) is 3.03. The lowest BCUT2D eigenvalue weighted by Crippen LogP contribution is -2.33. The van der Waals surface area contributed by atoms with Crippen molar-refractivity contribution >= 4 is 11.7 Å². The summed E-state index contributed by atoms with van der Waals surface area (Å²) in [7, 11) is 0. The maximum Gasteiger partial charge on any atom is 0.287 e. The minimum Gasteiger partial charge on any atom is -0.347 e. The van der Waals surface area contributed by atoms with Crippen LogP contribution >= 0.6 is 0 Å². The highest BCUT2D eigenvalue weighted by Crippen LogP contribution is 2.18. The van der Waals surface area contributed by atoms with E-state index >= 15 is 0 Å². The van der Waals surface area contributed by atoms with Gasteiger partial charge in [-0.3, -0.25) is 9.59 Å². The van der Waals surface area contributed by atoms with Gasteiger partial charge >= 0.3 is 0 Å². The summed E-state index contributed by atoms with van der Waals surface area (Å²) in [5.41, 5.74) is 0.883. The summed E-state index contributed by atoms with van der Waals surface area (Å²) in [6.07, 6.45) is 2.20. The van der Waals surface area contributed by atoms with Crippen molar-refractivity contribution in [3.05, 3.63) is 35.9 Å². The number of hydrogen-bond donors (Lipinski definition) is 1. The predicted molar refractivity (Wildman–Crippen MR) is 56.3 cm³/mol. The molecule has 1 saturated carbocycles. The molecule has 3 heteroatoms. The fourth-order valence-electron chi connectivity index (χ4n) is 1.36. The van der Waals surface area contributed by atoms with Crippen LogP contribution in [0.15, 0.2) is 30.3 Å². The Morgan fingerprint density at radius 2 is 1.87 bits per heavy atom. The number of rotatable bonds is 4. The molecular weight excluding hydrogens is 190 g/mol. The number of hydrogen-bond acceptors (Lipinski definition) is 2. The molecule has 1 fully saturated rings. The van der Waals surface area contributed by atoms with E-state index in [1.54, 1.807) is 0 Å². The Balaban J connectivity index is 1.88. The van der Waals surface area contributed by atoms with E-state index in [2.05, 4.69) is 5.32 Å². The summed E-state index contributed by atoms with van der Waals surface area (Å²) in [5, 5.41) is 2.69. The first kappa shape index (κ1) is 9.90. The van der Waals surface area contributed by atoms with Crippen LogP contribution in [0.3, 0.4) is 0 Å². The lowest BCUT2D eigenvalue weighted by Gasteiger charge is -2.02. The van der Waals surface area contributed by atoms with Gasteiger partial charge in [0.2, 0.25) is 5.78 Å². The van der Waals surface area contributed by atoms with E-state index < -0.39 is 5.91 Å². The number of amides is 1. The maximum absolute atomic E-state index is 11.5. The van der Waals surface area contributed by atoms with Crippen LogP contribution in [0.2, 0.25) is 0 Å². The van der Waals surface area contributed by atoms with Crippen molar-refractivity contribution in [1.82, 2.24) is 5.32 Å². The molecule has 1 aromatic carbocycles. The first-order valence-corrected chi connectivity index (χ1v) is 5.13. The van der Waals surface area contributed by atoms with Gasteiger partial charge in [0, 0.05) is 12.5 Å². The molecule has 78 valence electrons. The predicted octanol–water partition coefficient (Wildman–Crippen LogP) is 1.08. The summed E-state index contributed by atoms with van der Waals surface area (Å²) in [6, 6.07) is 9.56. The van der Waals surface area contributed by atoms with E-state index in [9.17, 15) is 9.59 Å². The monoisotopic (exact) mass is 203 g/mol. The third-order valence-electron chi connectivity index (χ3n) is 2.37. The highest BCUT2D eigenvalue weighted by Gasteiger charge is 2.26. The van der Waals surface area contributed by atoms with E-state index in [1.807, 2.05) is 30.3 Å². The fraction of sp³-hybridized carbons (Fsp3) is 0.333. The quantitative estimate of drug-likeness (QED) is 0.744. The molecule has 0 bridgehead atoms. The van der Waals surface area contributed by atoms with Gasteiger partial charge in [0.1, 0.15) is 0 Å². The molecule has 0 spiro atoms. The molecule has 0 atom stereocenters. The minimum absolute atomic E-state index is 0.194. The maximum atomic E-state index is 11.5. The molecule has 0 unspecified atom stereocenters. The highest BCUT2D eigenvalue weighted by molar-refractivity contribution is 6.36. The van der Waals surface area contributed by atoms with Crippen molar-refractivity contribution in [2.24, 2.45) is 0 Å². The van der Waals surface area contributed by atoms with Crippen LogP contribution in [0.1, 0.15) is 18.4 Å². The van der Waals surface area contributed by atoms with Crippen molar-refractivity contribution in [3.63, 3.8) is 0 Å². The van der Waals surface area contributed by atoms with Crippen molar-refractivity contribution < 1.29 is 9.59 Å². The first-order valence-electron chi connectivity index (χ1n) is 5.13. The Kier molecular flexibility index (Phi) is 2.81. The van der Waals surface area contributed by atoms with E-state index in [0.29, 0.717) is 0 Å². The van der Waals surface area contributed by atoms with Crippen LogP contribution < -0.4 is 5.32 Å². The van der Waals surface area contributed by atoms with Gasteiger partial charge in [-0.05, 0) is 18.4 Å². The van der Waals surface area contributed by atoms with Crippen LogP contribution in [0, 0.1) is 0 Å². The number of nitrogens with one attached hydrogen (secondary N) is 1. The van der Waals surface area contributed by atoms with Gasteiger partial charge in [-0.1, -0.05) is 30.3 Å². The summed E-state index contributed by atoms with van der Waals surface area (Å²) in [4.78, 5) is 22.8. The minimum atomic E-state index is -0.443. The number of ketones is 1. The van der Waals surface area contributed by atoms with Gasteiger partial charge in [0.15, 0.2) is 0 Å². The van der Waals surface area contributed by atoms with E-state index in [4.69, 9.17) is 0 Å². The highest BCUT2D eigenvalue weighted by atomic mass is 16.2. The molecule has 1 aliphatic carbocycles. The molecule has 1 aliphatic rings. The summed E-state index contributed by atoms with van der Waals surface area (Å²) in [6.45, 7) is 0. The van der Waals surface area contributed by atoms with Crippen molar-refractivity contribution in [1.29, 1.82) is 0 Å². The molecule has 2 rings (SSSR count). The Bertz CT molecular complexity index is 368. The molecule has 0 saturated heterocycles. The second-order valence-corrected chi connectivity index (χ2v) is 3.83. The zero-order chi connectivity index (χ0) is 10.7. The Morgan fingerprint density at radius 1 is 1.20 bits per heavy atom. The summed E-state index contributed by atoms with van der Waals surface area (Å²) < 4.78 is 0. The third kappa shape index (κ3) is 2.91. The normalized spacial score (nSPS) is 14.7. The lowest BCUT2D eigenvalue weighted by atomic mass is 10.1. The van der Waals surface area contributed by atoms with Crippen molar-refractivity contribution in [2.75, 3.05) is 0 Å². The summed E-state index contributed by atoms with van der Waals surface area (Å²) in [5.74, 6) is -0.797. The third-order valence-corrected chi connectivity index (χ3v) is 2.37. The first-order chi connectivity index (χ1) is 7.25. The van der Waals surface area contributed by atoms with E-state index in [1.165, 1.54) is 0 Å². The number of Topliss-reactive ketones (excluding diaryl/α,β-unsaturated/α-hetero) is 1. The largest absolute Gasteiger partial charge is 0.347 e. The Hall–Kier alpha value is -1.64. The molecule has 0 aromatic heterocycles. The Morgan fingerprint density at radius 3 is 2.47 bits per heavy atom. The standard InChI is InChI=1S/C12H13NO2/c14-11(12(15)13-10-6-7-10)8-9-4-2-1-3-5-9/h1-5,10H,6-8H2,(H,13,15). The average molecular weight is 203 g/mol. The van der Waals surface area contributed by atoms with Crippen molar-refractivity contribution in [2.45, 2.75) is 25.3 Å². The molecule has 1 amide bonds. The SMILES string of the molecule is O=C(Cc1ccccc1)C(=O)NC1CC1. The van der Waals surface area contributed by atoms with Gasteiger partial charge in [-0.15, -0.1) is 0 Å². The van der Waals surface area contributed by atoms with Crippen LogP contribution in [-0.4, -0.2) is 17.7 Å². The van der Waals surface area contributed by atoms with Gasteiger partial charge < -0.3 is 5.32 Å². The van der Waals surface area contributed by atoms with E-state index in [-0.39, 0.29) is 18.2 Å². The molecule has 0 aliphatic heterocycles. The molecular formula is C12H13NO2. The second kappa shape index (κ2) is 4.26. The number of carbonyl (C=O) groups excluding carboxylic acids is 2. The molecule has 0 heterocycles. The van der Waals surface area contributed by atoms with Crippen molar-refractivity contribution in [3.8, 4) is 0 Å². The molecule has 1 aromatic rings. The lowest BCUT2D eigenvalue weighted by molar-refractivity contribution is -0.137. The molecule has 3 nitrogen and oxygen atoms in total. The van der Waals surface area contributed by atoms with E-state index in [0.717, 1.165) is 18.4 Å². The van der Waals surface area contributed by atoms with Crippen LogP contribution in [0.25, 0.3) is 0 Å². The van der Waals surface area contributed by atoms with Crippen LogP contribution in [0.4, 0.5) is 0 Å². The molecule has 0 radical (unpaired) electrons. The zero-order valence-corrected chi connectivity index (χ0v) is 8.40. The smallest absolute Gasteiger partial charge is 0.287 e. The molecule has 15 heavy (non-hydrogen) atoms. The second-order valence-electron chi connectivity index (χ2n) is 3.83. The number of benzene rings is 1. The zero-order valence-electron chi connectivity index (χ0n) is 8.40. The number of carbonyl (C=O) groups is 2. The Labute approximate surface area is 88.5 Å². The fourth-order valence-corrected chi connectivity index (χ4v) is 1.36. The van der Waals surface area contributed by atoms with Gasteiger partial charge in [-0.25, -0.2) is 0 Å². The van der Waals surface area contributed by atoms with Gasteiger partial charge in [0.05, 0.1) is 0 Å². The van der Waals surface area contributed by atoms with Gasteiger partial charge in [-0.2, -0.15) is 0 Å².